The largest absolute Gasteiger partial charge is 0.308 e. The van der Waals surface area contributed by atoms with Crippen molar-refractivity contribution in [1.82, 2.24) is 15.3 Å². The zero-order valence-corrected chi connectivity index (χ0v) is 14.2. The summed E-state index contributed by atoms with van der Waals surface area (Å²) in [4.78, 5) is 9.96. The maximum atomic E-state index is 4.44. The third-order valence-electron chi connectivity index (χ3n) is 3.04. The molecule has 1 N–H and O–H groups in total. The second-order valence-corrected chi connectivity index (χ2v) is 7.30. The van der Waals surface area contributed by atoms with Gasteiger partial charge in [-0.3, -0.25) is 0 Å². The SMILES string of the molecule is Cc1ccnc(Sc2ccc(CNC(C)(C)C)cc2C)n1. The van der Waals surface area contributed by atoms with Crippen molar-refractivity contribution in [2.24, 2.45) is 0 Å². The Morgan fingerprint density at radius 2 is 1.90 bits per heavy atom. The van der Waals surface area contributed by atoms with Gasteiger partial charge >= 0.3 is 0 Å². The smallest absolute Gasteiger partial charge is 0.192 e. The van der Waals surface area contributed by atoms with Crippen LogP contribution in [-0.4, -0.2) is 15.5 Å². The summed E-state index contributed by atoms with van der Waals surface area (Å²) in [5.74, 6) is 0. The summed E-state index contributed by atoms with van der Waals surface area (Å²) in [5, 5.41) is 4.31. The molecule has 0 aliphatic carbocycles. The minimum absolute atomic E-state index is 0.136. The number of nitrogens with one attached hydrogen (secondary N) is 1. The Morgan fingerprint density at radius 3 is 2.52 bits per heavy atom. The van der Waals surface area contributed by atoms with E-state index in [4.69, 9.17) is 0 Å². The molecule has 2 rings (SSSR count). The van der Waals surface area contributed by atoms with E-state index in [-0.39, 0.29) is 5.54 Å². The van der Waals surface area contributed by atoms with Crippen molar-refractivity contribution in [3.8, 4) is 0 Å². The summed E-state index contributed by atoms with van der Waals surface area (Å²) in [6.45, 7) is 11.5. The molecular weight excluding hydrogens is 278 g/mol. The molecule has 1 aromatic heterocycles. The van der Waals surface area contributed by atoms with Gasteiger partial charge in [-0.15, -0.1) is 0 Å². The Balaban J connectivity index is 2.09. The van der Waals surface area contributed by atoms with Gasteiger partial charge in [-0.2, -0.15) is 0 Å². The van der Waals surface area contributed by atoms with Crippen molar-refractivity contribution in [2.75, 3.05) is 0 Å². The standard InChI is InChI=1S/C17H23N3S/c1-12-10-14(11-19-17(3,4)5)6-7-15(12)21-16-18-9-8-13(2)20-16/h6-10,19H,11H2,1-5H3. The number of hydrogen-bond acceptors (Lipinski definition) is 4. The molecular formula is C17H23N3S. The Hall–Kier alpha value is -1.39. The number of aryl methyl sites for hydroxylation is 2. The molecule has 0 radical (unpaired) electrons. The summed E-state index contributed by atoms with van der Waals surface area (Å²) in [5.41, 5.74) is 3.70. The van der Waals surface area contributed by atoms with Crippen molar-refractivity contribution in [2.45, 2.75) is 56.8 Å². The second kappa shape index (κ2) is 6.58. The minimum atomic E-state index is 0.136. The minimum Gasteiger partial charge on any atom is -0.308 e. The maximum absolute atomic E-state index is 4.44. The van der Waals surface area contributed by atoms with Crippen molar-refractivity contribution in [3.63, 3.8) is 0 Å². The Kier molecular flexibility index (Phi) is 5.01. The molecule has 0 spiro atoms. The molecule has 0 saturated heterocycles. The first-order chi connectivity index (χ1) is 9.83. The Morgan fingerprint density at radius 1 is 1.14 bits per heavy atom. The van der Waals surface area contributed by atoms with Crippen molar-refractivity contribution in [3.05, 3.63) is 47.3 Å². The second-order valence-electron chi connectivity index (χ2n) is 6.29. The van der Waals surface area contributed by atoms with Crippen LogP contribution in [0.3, 0.4) is 0 Å². The van der Waals surface area contributed by atoms with Crippen LogP contribution >= 0.6 is 11.8 Å². The molecule has 1 aromatic carbocycles. The van der Waals surface area contributed by atoms with Gasteiger partial charge in [-0.1, -0.05) is 12.1 Å². The van der Waals surface area contributed by atoms with E-state index < -0.39 is 0 Å². The molecule has 0 aliphatic heterocycles. The van der Waals surface area contributed by atoms with E-state index >= 15 is 0 Å². The summed E-state index contributed by atoms with van der Waals surface area (Å²) in [6.07, 6.45) is 1.81. The molecule has 0 fully saturated rings. The molecule has 21 heavy (non-hydrogen) atoms. The van der Waals surface area contributed by atoms with Crippen LogP contribution in [0.1, 0.15) is 37.6 Å². The van der Waals surface area contributed by atoms with Gasteiger partial charge in [0.1, 0.15) is 0 Å². The summed E-state index contributed by atoms with van der Waals surface area (Å²) < 4.78 is 0. The monoisotopic (exact) mass is 301 g/mol. The number of aromatic nitrogens is 2. The average Bonchev–Trinajstić information content (AvgIpc) is 2.38. The van der Waals surface area contributed by atoms with E-state index in [9.17, 15) is 0 Å². The molecule has 2 aromatic rings. The van der Waals surface area contributed by atoms with Gasteiger partial charge in [0.2, 0.25) is 0 Å². The van der Waals surface area contributed by atoms with Crippen LogP contribution in [0.2, 0.25) is 0 Å². The molecule has 0 unspecified atom stereocenters. The van der Waals surface area contributed by atoms with Crippen LogP contribution in [-0.2, 0) is 6.54 Å². The Bertz CT molecular complexity index is 618. The third kappa shape index (κ3) is 5.14. The maximum Gasteiger partial charge on any atom is 0.192 e. The zero-order chi connectivity index (χ0) is 15.5. The normalized spacial score (nSPS) is 11.7. The lowest BCUT2D eigenvalue weighted by Gasteiger charge is -2.20. The van der Waals surface area contributed by atoms with Crippen LogP contribution in [0.25, 0.3) is 0 Å². The average molecular weight is 301 g/mol. The van der Waals surface area contributed by atoms with E-state index in [0.29, 0.717) is 0 Å². The van der Waals surface area contributed by atoms with Gasteiger partial charge in [0.05, 0.1) is 0 Å². The van der Waals surface area contributed by atoms with Crippen LogP contribution < -0.4 is 5.32 Å². The highest BCUT2D eigenvalue weighted by atomic mass is 32.2. The fourth-order valence-electron chi connectivity index (χ4n) is 1.88. The molecule has 0 saturated carbocycles. The first kappa shape index (κ1) is 16.0. The quantitative estimate of drug-likeness (QED) is 0.862. The topological polar surface area (TPSA) is 37.8 Å². The van der Waals surface area contributed by atoms with Crippen LogP contribution in [0, 0.1) is 13.8 Å². The van der Waals surface area contributed by atoms with Gasteiger partial charge in [0.15, 0.2) is 5.16 Å². The molecule has 0 atom stereocenters. The fourth-order valence-corrected chi connectivity index (χ4v) is 2.73. The van der Waals surface area contributed by atoms with Crippen LogP contribution in [0.5, 0.6) is 0 Å². The van der Waals surface area contributed by atoms with E-state index in [0.717, 1.165) is 17.4 Å². The van der Waals surface area contributed by atoms with E-state index in [1.807, 2.05) is 19.2 Å². The summed E-state index contributed by atoms with van der Waals surface area (Å²) >= 11 is 1.62. The van der Waals surface area contributed by atoms with Crippen molar-refractivity contribution in [1.29, 1.82) is 0 Å². The lowest BCUT2D eigenvalue weighted by atomic mass is 10.1. The molecule has 0 bridgehead atoms. The van der Waals surface area contributed by atoms with Gasteiger partial charge < -0.3 is 5.32 Å². The highest BCUT2D eigenvalue weighted by molar-refractivity contribution is 7.99. The molecule has 0 amide bonds. The highest BCUT2D eigenvalue weighted by Crippen LogP contribution is 2.28. The zero-order valence-electron chi connectivity index (χ0n) is 13.4. The van der Waals surface area contributed by atoms with E-state index in [2.05, 4.69) is 61.2 Å². The molecule has 1 heterocycles. The highest BCUT2D eigenvalue weighted by Gasteiger charge is 2.09. The van der Waals surface area contributed by atoms with Crippen molar-refractivity contribution < 1.29 is 0 Å². The summed E-state index contributed by atoms with van der Waals surface area (Å²) in [6, 6.07) is 8.48. The van der Waals surface area contributed by atoms with Gasteiger partial charge in [-0.05, 0) is 69.6 Å². The Labute approximate surface area is 131 Å². The molecule has 0 aliphatic rings. The van der Waals surface area contributed by atoms with Gasteiger partial charge in [-0.25, -0.2) is 9.97 Å². The van der Waals surface area contributed by atoms with E-state index in [1.165, 1.54) is 16.0 Å². The van der Waals surface area contributed by atoms with Crippen molar-refractivity contribution >= 4 is 11.8 Å². The first-order valence-electron chi connectivity index (χ1n) is 7.15. The molecule has 4 heteroatoms. The molecule has 3 nitrogen and oxygen atoms in total. The van der Waals surface area contributed by atoms with Crippen LogP contribution in [0.4, 0.5) is 0 Å². The fraction of sp³-hybridized carbons (Fsp3) is 0.412. The number of nitrogens with zero attached hydrogens (tertiary/aromatic N) is 2. The van der Waals surface area contributed by atoms with E-state index in [1.54, 1.807) is 11.8 Å². The predicted octanol–water partition coefficient (Wildman–Crippen LogP) is 4.13. The van der Waals surface area contributed by atoms with Crippen LogP contribution in [0.15, 0.2) is 40.5 Å². The number of benzene rings is 1. The number of hydrogen-bond donors (Lipinski definition) is 1. The van der Waals surface area contributed by atoms with Gasteiger partial charge in [0.25, 0.3) is 0 Å². The lowest BCUT2D eigenvalue weighted by Crippen LogP contribution is -2.35. The van der Waals surface area contributed by atoms with Gasteiger partial charge in [0, 0.05) is 28.9 Å². The third-order valence-corrected chi connectivity index (χ3v) is 4.09. The molecule has 112 valence electrons. The predicted molar refractivity (Wildman–Crippen MR) is 88.7 cm³/mol. The number of rotatable bonds is 4. The lowest BCUT2D eigenvalue weighted by molar-refractivity contribution is 0.424. The first-order valence-corrected chi connectivity index (χ1v) is 7.97. The summed E-state index contributed by atoms with van der Waals surface area (Å²) in [7, 11) is 0.